The van der Waals surface area contributed by atoms with Gasteiger partial charge in [-0.2, -0.15) is 0 Å². The zero-order valence-corrected chi connectivity index (χ0v) is 20.3. The van der Waals surface area contributed by atoms with Gasteiger partial charge in [0.05, 0.1) is 0 Å². The molecule has 194 valence electrons. The first-order chi connectivity index (χ1) is 17.6. The van der Waals surface area contributed by atoms with Crippen LogP contribution < -0.4 is 11.1 Å². The molecule has 37 heavy (non-hydrogen) atoms. The number of nitrogens with zero attached hydrogens (tertiary/aromatic N) is 5. The Labute approximate surface area is 216 Å². The Balaban J connectivity index is 1.48. The number of phenolic OH excluding ortho intramolecular Hbond substituents is 1. The van der Waals surface area contributed by atoms with E-state index in [0.717, 1.165) is 16.7 Å². The second kappa shape index (κ2) is 10.5. The van der Waals surface area contributed by atoms with Crippen LogP contribution >= 0.6 is 23.5 Å². The minimum atomic E-state index is -1.64. The summed E-state index contributed by atoms with van der Waals surface area (Å²) in [4.78, 5) is 61.7. The maximum absolute atomic E-state index is 12.9. The number of fused-ring (bicyclic) bond motifs is 1. The summed E-state index contributed by atoms with van der Waals surface area (Å²) >= 11 is 2.27. The molecule has 2 unspecified atom stereocenters. The fraction of sp³-hybridized carbons (Fsp3) is 0.300. The van der Waals surface area contributed by atoms with E-state index in [4.69, 9.17) is 5.73 Å². The van der Waals surface area contributed by atoms with Gasteiger partial charge in [0.1, 0.15) is 29.4 Å². The van der Waals surface area contributed by atoms with E-state index in [0.29, 0.717) is 5.57 Å². The van der Waals surface area contributed by atoms with Crippen LogP contribution in [0.15, 0.2) is 40.7 Å². The molecule has 1 aromatic heterocycles. The summed E-state index contributed by atoms with van der Waals surface area (Å²) in [6.07, 6.45) is 0. The summed E-state index contributed by atoms with van der Waals surface area (Å²) in [5.41, 5.74) is 5.42. The minimum Gasteiger partial charge on any atom is -0.508 e. The van der Waals surface area contributed by atoms with Crippen molar-refractivity contribution in [2.24, 2.45) is 5.73 Å². The number of rotatable bonds is 10. The molecule has 0 aliphatic carbocycles. The van der Waals surface area contributed by atoms with Gasteiger partial charge in [-0.25, -0.2) is 9.48 Å². The van der Waals surface area contributed by atoms with E-state index in [2.05, 4.69) is 20.8 Å². The van der Waals surface area contributed by atoms with Crippen LogP contribution in [0.1, 0.15) is 11.5 Å². The summed E-state index contributed by atoms with van der Waals surface area (Å²) in [7, 11) is 0. The number of carbonyl (C=O) groups excluding carboxylic acids is 3. The van der Waals surface area contributed by atoms with Crippen molar-refractivity contribution in [1.82, 2.24) is 30.4 Å². The van der Waals surface area contributed by atoms with Crippen molar-refractivity contribution in [2.45, 2.75) is 29.0 Å². The van der Waals surface area contributed by atoms with E-state index in [1.807, 2.05) is 0 Å². The van der Waals surface area contributed by atoms with Gasteiger partial charge in [-0.1, -0.05) is 23.9 Å². The molecule has 3 heterocycles. The number of carbonyl (C=O) groups is 5. The van der Waals surface area contributed by atoms with Gasteiger partial charge in [-0.3, -0.25) is 24.1 Å². The molecule has 17 heteroatoms. The van der Waals surface area contributed by atoms with Crippen molar-refractivity contribution in [2.75, 3.05) is 11.5 Å². The molecule has 1 aromatic carbocycles. The van der Waals surface area contributed by atoms with E-state index in [1.165, 1.54) is 40.7 Å². The number of thioether (sulfide) groups is 2. The normalized spacial score (nSPS) is 19.6. The van der Waals surface area contributed by atoms with Gasteiger partial charge in [-0.15, -0.1) is 16.9 Å². The van der Waals surface area contributed by atoms with Gasteiger partial charge in [0.25, 0.3) is 5.91 Å². The highest BCUT2D eigenvalue weighted by molar-refractivity contribution is 8.01. The third-order valence-corrected chi connectivity index (χ3v) is 7.85. The molecule has 0 saturated carbocycles. The zero-order chi connectivity index (χ0) is 26.9. The average molecular weight is 550 g/mol. The first-order valence-electron chi connectivity index (χ1n) is 10.5. The van der Waals surface area contributed by atoms with Gasteiger partial charge in [0.2, 0.25) is 17.0 Å². The van der Waals surface area contributed by atoms with Crippen LogP contribution in [-0.2, 0) is 30.5 Å². The number of carboxylic acids is 2. The lowest BCUT2D eigenvalue weighted by Gasteiger charge is -2.49. The van der Waals surface area contributed by atoms with Crippen molar-refractivity contribution in [3.8, 4) is 5.75 Å². The summed E-state index contributed by atoms with van der Waals surface area (Å²) in [5.74, 6) is -6.54. The third kappa shape index (κ3) is 5.21. The Kier molecular flexibility index (Phi) is 7.35. The van der Waals surface area contributed by atoms with Crippen LogP contribution in [0.5, 0.6) is 5.75 Å². The Morgan fingerprint density at radius 3 is 2.54 bits per heavy atom. The van der Waals surface area contributed by atoms with E-state index >= 15 is 0 Å². The molecular weight excluding hydrogens is 530 g/mol. The average Bonchev–Trinajstić information content (AvgIpc) is 3.27. The predicted octanol–water partition coefficient (Wildman–Crippen LogP) is -1.44. The van der Waals surface area contributed by atoms with Crippen LogP contribution in [0.3, 0.4) is 0 Å². The lowest BCUT2D eigenvalue weighted by molar-refractivity contribution is -0.152. The number of nitrogens with one attached hydrogen (secondary N) is 1. The van der Waals surface area contributed by atoms with Gasteiger partial charge in [0, 0.05) is 11.5 Å². The number of nitrogens with two attached hydrogens (primary N) is 1. The molecule has 2 aliphatic rings. The molecule has 3 amide bonds. The summed E-state index contributed by atoms with van der Waals surface area (Å²) in [5, 5.41) is 41.6. The van der Waals surface area contributed by atoms with Gasteiger partial charge in [-0.05, 0) is 33.7 Å². The number of β-lactam (4-membered cyclic amide) rings is 1. The highest BCUT2D eigenvalue weighted by atomic mass is 32.2. The molecule has 0 bridgehead atoms. The molecule has 2 aromatic rings. The maximum atomic E-state index is 12.9. The molecule has 1 saturated heterocycles. The third-order valence-electron chi connectivity index (χ3n) is 5.46. The van der Waals surface area contributed by atoms with Crippen LogP contribution in [0.25, 0.3) is 0 Å². The van der Waals surface area contributed by atoms with Gasteiger partial charge < -0.3 is 26.4 Å². The van der Waals surface area contributed by atoms with Gasteiger partial charge in [0.15, 0.2) is 5.92 Å². The summed E-state index contributed by atoms with van der Waals surface area (Å²) < 4.78 is 1.17. The van der Waals surface area contributed by atoms with Crippen molar-refractivity contribution < 1.29 is 39.3 Å². The topological polar surface area (TPSA) is 231 Å². The maximum Gasteiger partial charge on any atom is 0.352 e. The number of tetrazole rings is 1. The first kappa shape index (κ1) is 26.0. The molecule has 6 N–H and O–H groups in total. The minimum absolute atomic E-state index is 0.100. The van der Waals surface area contributed by atoms with Gasteiger partial charge >= 0.3 is 11.9 Å². The standard InChI is InChI=1S/C20H19N7O8S2/c21-11(29)5-26-20(23-24-25-26)37-7-9-6-36-17-13(16(31)27(17)14(9)19(34)35)22-15(30)12(18(32)33)8-1-3-10(28)4-2-8/h1-4,12-13,17,28H,5-7H2,(H2,21,29)(H,22,30)(H,32,33)(H,34,35)/t12?,13?,17-/m1/s1. The molecule has 2 aliphatic heterocycles. The molecule has 4 rings (SSSR count). The monoisotopic (exact) mass is 549 g/mol. The molecule has 0 spiro atoms. The van der Waals surface area contributed by atoms with E-state index in [1.54, 1.807) is 0 Å². The Hall–Kier alpha value is -4.12. The highest BCUT2D eigenvalue weighted by Gasteiger charge is 2.54. The molecular formula is C20H19N7O8S2. The van der Waals surface area contributed by atoms with Crippen LogP contribution in [0, 0.1) is 0 Å². The molecule has 3 atom stereocenters. The Morgan fingerprint density at radius 2 is 1.92 bits per heavy atom. The quantitative estimate of drug-likeness (QED) is 0.130. The second-order valence-electron chi connectivity index (χ2n) is 7.89. The Morgan fingerprint density at radius 1 is 1.22 bits per heavy atom. The number of hydrogen-bond donors (Lipinski definition) is 5. The smallest absolute Gasteiger partial charge is 0.352 e. The van der Waals surface area contributed by atoms with Crippen LogP contribution in [0.2, 0.25) is 0 Å². The van der Waals surface area contributed by atoms with Crippen LogP contribution in [-0.4, -0.2) is 93.0 Å². The number of hydrogen-bond acceptors (Lipinski definition) is 11. The molecule has 1 fully saturated rings. The summed E-state index contributed by atoms with van der Waals surface area (Å²) in [6.45, 7) is -0.259. The lowest BCUT2D eigenvalue weighted by Crippen LogP contribution is -2.71. The van der Waals surface area contributed by atoms with E-state index in [-0.39, 0.29) is 40.2 Å². The second-order valence-corrected chi connectivity index (χ2v) is 9.94. The number of phenols is 1. The molecule has 15 nitrogen and oxygen atoms in total. The fourth-order valence-electron chi connectivity index (χ4n) is 3.80. The zero-order valence-electron chi connectivity index (χ0n) is 18.7. The SMILES string of the molecule is NC(=O)Cn1nnnc1SCC1=C(C(=O)O)N2C(=O)C(NC(=O)C(C(=O)O)c3ccc(O)cc3)[C@H]2SC1. The largest absolute Gasteiger partial charge is 0.508 e. The number of aromatic hydroxyl groups is 1. The number of amides is 3. The number of benzene rings is 1. The summed E-state index contributed by atoms with van der Waals surface area (Å²) in [6, 6.07) is 3.92. The fourth-order valence-corrected chi connectivity index (χ4v) is 6.16. The number of carboxylic acid groups (broad SMARTS) is 2. The van der Waals surface area contributed by atoms with Crippen molar-refractivity contribution in [3.05, 3.63) is 41.1 Å². The van der Waals surface area contributed by atoms with Crippen molar-refractivity contribution in [1.29, 1.82) is 0 Å². The lowest BCUT2D eigenvalue weighted by atomic mass is 9.96. The number of primary amides is 1. The van der Waals surface area contributed by atoms with Crippen molar-refractivity contribution >= 4 is 53.2 Å². The first-order valence-corrected chi connectivity index (χ1v) is 12.5. The Bertz CT molecular complexity index is 1310. The predicted molar refractivity (Wildman–Crippen MR) is 126 cm³/mol. The number of aliphatic carboxylic acids is 2. The number of aromatic nitrogens is 4. The van der Waals surface area contributed by atoms with Crippen LogP contribution in [0.4, 0.5) is 0 Å². The highest BCUT2D eigenvalue weighted by Crippen LogP contribution is 2.41. The van der Waals surface area contributed by atoms with E-state index < -0.39 is 47.0 Å². The van der Waals surface area contributed by atoms with Crippen molar-refractivity contribution in [3.63, 3.8) is 0 Å². The van der Waals surface area contributed by atoms with E-state index in [9.17, 15) is 39.3 Å². The molecule has 0 radical (unpaired) electrons.